The van der Waals surface area contributed by atoms with Crippen LogP contribution in [0.3, 0.4) is 0 Å². The monoisotopic (exact) mass is 387 g/mol. The molecule has 1 heterocycles. The van der Waals surface area contributed by atoms with E-state index in [4.69, 9.17) is 16.3 Å². The van der Waals surface area contributed by atoms with Gasteiger partial charge in [0.2, 0.25) is 5.91 Å². The van der Waals surface area contributed by atoms with Crippen LogP contribution in [0.1, 0.15) is 13.8 Å². The van der Waals surface area contributed by atoms with Crippen molar-refractivity contribution in [3.05, 3.63) is 53.6 Å². The van der Waals surface area contributed by atoms with Gasteiger partial charge in [0, 0.05) is 18.8 Å². The maximum atomic E-state index is 12.8. The fraction of sp³-hybridized carbons (Fsp3) is 0.300. The summed E-state index contributed by atoms with van der Waals surface area (Å²) in [7, 11) is 0. The molecule has 0 bridgehead atoms. The zero-order chi connectivity index (χ0) is 19.4. The van der Waals surface area contributed by atoms with Gasteiger partial charge in [0.15, 0.2) is 5.75 Å². The summed E-state index contributed by atoms with van der Waals surface area (Å²) < 4.78 is 5.54. The molecule has 27 heavy (non-hydrogen) atoms. The number of halogens is 1. The van der Waals surface area contributed by atoms with Gasteiger partial charge in [-0.25, -0.2) is 4.79 Å². The van der Waals surface area contributed by atoms with Crippen LogP contribution in [0.4, 0.5) is 16.2 Å². The number of nitrogens with zero attached hydrogens (tertiary/aromatic N) is 2. The van der Waals surface area contributed by atoms with Crippen LogP contribution >= 0.6 is 11.6 Å². The molecule has 2 aromatic rings. The third-order valence-corrected chi connectivity index (χ3v) is 4.78. The van der Waals surface area contributed by atoms with E-state index in [-0.39, 0.29) is 11.9 Å². The number of anilines is 2. The van der Waals surface area contributed by atoms with E-state index >= 15 is 0 Å². The van der Waals surface area contributed by atoms with E-state index in [1.54, 1.807) is 30.0 Å². The van der Waals surface area contributed by atoms with Crippen LogP contribution in [0.15, 0.2) is 48.5 Å². The summed E-state index contributed by atoms with van der Waals surface area (Å²) in [6.45, 7) is 4.88. The summed E-state index contributed by atoms with van der Waals surface area (Å²) in [6.07, 6.45) is 0. The summed E-state index contributed by atoms with van der Waals surface area (Å²) in [5, 5.41) is 3.24. The third kappa shape index (κ3) is 4.01. The lowest BCUT2D eigenvalue weighted by Gasteiger charge is -2.39. The van der Waals surface area contributed by atoms with Crippen molar-refractivity contribution in [3.63, 3.8) is 0 Å². The summed E-state index contributed by atoms with van der Waals surface area (Å²) in [4.78, 5) is 28.8. The van der Waals surface area contributed by atoms with E-state index in [2.05, 4.69) is 5.32 Å². The second-order valence-corrected chi connectivity index (χ2v) is 6.58. The summed E-state index contributed by atoms with van der Waals surface area (Å²) in [5.41, 5.74) is 1.32. The van der Waals surface area contributed by atoms with Crippen LogP contribution < -0.4 is 15.0 Å². The van der Waals surface area contributed by atoms with Crippen molar-refractivity contribution in [1.29, 1.82) is 0 Å². The number of carbonyl (C=O) groups excluding carboxylic acids is 2. The van der Waals surface area contributed by atoms with Gasteiger partial charge in [-0.05, 0) is 38.1 Å². The molecule has 0 spiro atoms. The summed E-state index contributed by atoms with van der Waals surface area (Å²) >= 11 is 6.17. The van der Waals surface area contributed by atoms with E-state index in [9.17, 15) is 9.59 Å². The van der Waals surface area contributed by atoms with Crippen molar-refractivity contribution in [1.82, 2.24) is 4.90 Å². The standard InChI is InChI=1S/C20H22ClN3O3/c1-3-27-18-16(21)10-7-11-17(18)22-20(26)23-12-13-24(19(25)14(23)2)15-8-5-4-6-9-15/h4-11,14H,3,12-13H2,1-2H3,(H,22,26)/t14-/m0/s1. The molecule has 7 heteroatoms. The van der Waals surface area contributed by atoms with Crippen LogP contribution in [-0.4, -0.2) is 42.6 Å². The highest BCUT2D eigenvalue weighted by molar-refractivity contribution is 6.32. The molecule has 1 aliphatic rings. The second kappa shape index (κ2) is 8.31. The average molecular weight is 388 g/mol. The Hall–Kier alpha value is -2.73. The highest BCUT2D eigenvalue weighted by atomic mass is 35.5. The van der Waals surface area contributed by atoms with Gasteiger partial charge in [0.25, 0.3) is 0 Å². The maximum Gasteiger partial charge on any atom is 0.322 e. The number of carbonyl (C=O) groups is 2. The molecule has 1 aliphatic heterocycles. The van der Waals surface area contributed by atoms with E-state index in [0.717, 1.165) is 5.69 Å². The number of benzene rings is 2. The van der Waals surface area contributed by atoms with Gasteiger partial charge in [0.1, 0.15) is 6.04 Å². The second-order valence-electron chi connectivity index (χ2n) is 6.17. The fourth-order valence-corrected chi connectivity index (χ4v) is 3.33. The van der Waals surface area contributed by atoms with E-state index in [1.165, 1.54) is 4.90 Å². The lowest BCUT2D eigenvalue weighted by atomic mass is 10.1. The topological polar surface area (TPSA) is 61.9 Å². The first-order valence-corrected chi connectivity index (χ1v) is 9.26. The van der Waals surface area contributed by atoms with Gasteiger partial charge in [0.05, 0.1) is 17.3 Å². The maximum absolute atomic E-state index is 12.8. The molecule has 0 aromatic heterocycles. The Morgan fingerprint density at radius 3 is 2.63 bits per heavy atom. The first-order chi connectivity index (χ1) is 13.0. The highest BCUT2D eigenvalue weighted by Crippen LogP contribution is 2.33. The summed E-state index contributed by atoms with van der Waals surface area (Å²) in [6, 6.07) is 13.7. The molecule has 0 unspecified atom stereocenters. The Morgan fingerprint density at radius 1 is 1.19 bits per heavy atom. The number of piperazine rings is 1. The Kier molecular flexibility index (Phi) is 5.86. The Labute approximate surface area is 163 Å². The molecule has 0 radical (unpaired) electrons. The minimum atomic E-state index is -0.575. The molecule has 6 nitrogen and oxygen atoms in total. The number of urea groups is 1. The first kappa shape index (κ1) is 19.0. The van der Waals surface area contributed by atoms with Gasteiger partial charge < -0.3 is 19.9 Å². The van der Waals surface area contributed by atoms with Gasteiger partial charge >= 0.3 is 6.03 Å². The number of para-hydroxylation sites is 2. The van der Waals surface area contributed by atoms with Gasteiger partial charge in [-0.15, -0.1) is 0 Å². The molecule has 2 aromatic carbocycles. The zero-order valence-corrected chi connectivity index (χ0v) is 16.1. The van der Waals surface area contributed by atoms with Crippen molar-refractivity contribution in [2.75, 3.05) is 29.9 Å². The average Bonchev–Trinajstić information content (AvgIpc) is 2.67. The number of amides is 3. The van der Waals surface area contributed by atoms with Crippen molar-refractivity contribution >= 4 is 34.9 Å². The Balaban J connectivity index is 1.74. The number of hydrogen-bond donors (Lipinski definition) is 1. The number of nitrogens with one attached hydrogen (secondary N) is 1. The van der Waals surface area contributed by atoms with Gasteiger partial charge in [-0.3, -0.25) is 4.79 Å². The van der Waals surface area contributed by atoms with Gasteiger partial charge in [-0.2, -0.15) is 0 Å². The Bertz CT molecular complexity index is 828. The predicted molar refractivity (Wildman–Crippen MR) is 107 cm³/mol. The predicted octanol–water partition coefficient (Wildman–Crippen LogP) is 4.01. The largest absolute Gasteiger partial charge is 0.490 e. The van der Waals surface area contributed by atoms with Crippen LogP contribution in [0.2, 0.25) is 5.02 Å². The lowest BCUT2D eigenvalue weighted by molar-refractivity contribution is -0.123. The van der Waals surface area contributed by atoms with E-state index < -0.39 is 6.04 Å². The molecule has 1 fully saturated rings. The fourth-order valence-electron chi connectivity index (χ4n) is 3.10. The van der Waals surface area contributed by atoms with Crippen LogP contribution in [0.5, 0.6) is 5.75 Å². The first-order valence-electron chi connectivity index (χ1n) is 8.88. The molecule has 1 atom stereocenters. The summed E-state index contributed by atoms with van der Waals surface area (Å²) in [5.74, 6) is 0.315. The minimum Gasteiger partial charge on any atom is -0.490 e. The lowest BCUT2D eigenvalue weighted by Crippen LogP contribution is -2.58. The van der Waals surface area contributed by atoms with E-state index in [0.29, 0.717) is 36.2 Å². The quantitative estimate of drug-likeness (QED) is 0.862. The normalized spacial score (nSPS) is 17.0. The van der Waals surface area contributed by atoms with Crippen molar-refractivity contribution in [2.24, 2.45) is 0 Å². The minimum absolute atomic E-state index is 0.112. The van der Waals surface area contributed by atoms with Crippen LogP contribution in [-0.2, 0) is 4.79 Å². The third-order valence-electron chi connectivity index (χ3n) is 4.48. The molecule has 1 N–H and O–H groups in total. The molecular weight excluding hydrogens is 366 g/mol. The molecule has 142 valence electrons. The molecule has 1 saturated heterocycles. The smallest absolute Gasteiger partial charge is 0.322 e. The zero-order valence-electron chi connectivity index (χ0n) is 15.3. The molecule has 0 aliphatic carbocycles. The van der Waals surface area contributed by atoms with Gasteiger partial charge in [-0.1, -0.05) is 35.9 Å². The highest BCUT2D eigenvalue weighted by Gasteiger charge is 2.35. The van der Waals surface area contributed by atoms with Crippen molar-refractivity contribution in [3.8, 4) is 5.75 Å². The Morgan fingerprint density at radius 2 is 1.93 bits per heavy atom. The SMILES string of the molecule is CCOc1c(Cl)cccc1NC(=O)N1CCN(c2ccccc2)C(=O)[C@@H]1C. The van der Waals surface area contributed by atoms with Crippen molar-refractivity contribution < 1.29 is 14.3 Å². The molecular formula is C20H22ClN3O3. The van der Waals surface area contributed by atoms with E-state index in [1.807, 2.05) is 37.3 Å². The van der Waals surface area contributed by atoms with Crippen LogP contribution in [0.25, 0.3) is 0 Å². The number of rotatable bonds is 4. The van der Waals surface area contributed by atoms with Crippen molar-refractivity contribution in [2.45, 2.75) is 19.9 Å². The van der Waals surface area contributed by atoms with Crippen LogP contribution in [0, 0.1) is 0 Å². The molecule has 3 rings (SSSR count). The molecule has 0 saturated carbocycles. The molecule has 3 amide bonds. The number of ether oxygens (including phenoxy) is 1. The number of hydrogen-bond acceptors (Lipinski definition) is 3.